The van der Waals surface area contributed by atoms with Gasteiger partial charge in [-0.15, -0.1) is 0 Å². The molecule has 0 aromatic heterocycles. The van der Waals surface area contributed by atoms with Crippen molar-refractivity contribution in [2.24, 2.45) is 5.14 Å². The number of rotatable bonds is 3. The molecule has 0 bridgehead atoms. The van der Waals surface area contributed by atoms with Crippen molar-refractivity contribution in [3.05, 3.63) is 46.9 Å². The van der Waals surface area contributed by atoms with Crippen LogP contribution in [0.2, 0.25) is 0 Å². The second-order valence-electron chi connectivity index (χ2n) is 3.80. The van der Waals surface area contributed by atoms with Gasteiger partial charge in [-0.25, -0.2) is 13.6 Å². The van der Waals surface area contributed by atoms with Gasteiger partial charge in [0.1, 0.15) is 0 Å². The normalized spacial score (nSPS) is 11.5. The van der Waals surface area contributed by atoms with Gasteiger partial charge in [-0.3, -0.25) is 0 Å². The number of hydrogen-bond donors (Lipinski definition) is 2. The van der Waals surface area contributed by atoms with E-state index >= 15 is 0 Å². The monoisotopic (exact) mass is 358 g/mol. The van der Waals surface area contributed by atoms with Gasteiger partial charge >= 0.3 is 0 Å². The third-order valence-electron chi connectivity index (χ3n) is 2.35. The van der Waals surface area contributed by atoms with Crippen LogP contribution in [0.5, 0.6) is 0 Å². The fourth-order valence-corrected chi connectivity index (χ4v) is 3.08. The molecule has 0 unspecified atom stereocenters. The van der Waals surface area contributed by atoms with Gasteiger partial charge in [0.2, 0.25) is 10.0 Å². The lowest BCUT2D eigenvalue weighted by Crippen LogP contribution is -2.12. The van der Waals surface area contributed by atoms with Crippen molar-refractivity contribution < 1.29 is 8.42 Å². The molecule has 0 saturated heterocycles. The smallest absolute Gasteiger partial charge is 0.238 e. The fourth-order valence-electron chi connectivity index (χ4n) is 1.43. The first-order valence-corrected chi connectivity index (χ1v) is 8.37. The van der Waals surface area contributed by atoms with Crippen LogP contribution >= 0.6 is 27.7 Å². The molecular formula is C12H11BrN2O2S2. The van der Waals surface area contributed by atoms with E-state index in [0.29, 0.717) is 5.69 Å². The zero-order valence-electron chi connectivity index (χ0n) is 9.71. The van der Waals surface area contributed by atoms with Gasteiger partial charge in [0, 0.05) is 20.0 Å². The summed E-state index contributed by atoms with van der Waals surface area (Å²) in [6, 6.07) is 12.2. The SMILES string of the molecule is Nc1cc(S(N)(=O)=O)ccc1Sc1ccc(Br)cc1. The summed E-state index contributed by atoms with van der Waals surface area (Å²) < 4.78 is 23.4. The number of anilines is 1. The molecule has 4 nitrogen and oxygen atoms in total. The zero-order valence-corrected chi connectivity index (χ0v) is 12.9. The largest absolute Gasteiger partial charge is 0.398 e. The van der Waals surface area contributed by atoms with E-state index in [2.05, 4.69) is 15.9 Å². The molecule has 0 spiro atoms. The minimum atomic E-state index is -3.72. The number of nitrogen functional groups attached to an aromatic ring is 1. The van der Waals surface area contributed by atoms with Gasteiger partial charge in [0.05, 0.1) is 4.90 Å². The summed E-state index contributed by atoms with van der Waals surface area (Å²) in [6.45, 7) is 0. The third-order valence-corrected chi connectivity index (χ3v) is 4.89. The summed E-state index contributed by atoms with van der Waals surface area (Å²) in [5.74, 6) is 0. The van der Waals surface area contributed by atoms with Gasteiger partial charge in [-0.1, -0.05) is 27.7 Å². The van der Waals surface area contributed by atoms with E-state index in [4.69, 9.17) is 10.9 Å². The van der Waals surface area contributed by atoms with Crippen LogP contribution in [-0.2, 0) is 10.0 Å². The number of benzene rings is 2. The second-order valence-corrected chi connectivity index (χ2v) is 7.39. The number of sulfonamides is 1. The molecule has 4 N–H and O–H groups in total. The highest BCUT2D eigenvalue weighted by Crippen LogP contribution is 2.33. The van der Waals surface area contributed by atoms with Crippen LogP contribution in [0.3, 0.4) is 0 Å². The average molecular weight is 359 g/mol. The van der Waals surface area contributed by atoms with E-state index in [1.807, 2.05) is 24.3 Å². The second kappa shape index (κ2) is 5.54. The van der Waals surface area contributed by atoms with E-state index in [9.17, 15) is 8.42 Å². The molecule has 100 valence electrons. The molecule has 0 atom stereocenters. The molecule has 0 aliphatic rings. The Morgan fingerprint density at radius 2 is 1.68 bits per heavy atom. The molecule has 0 fully saturated rings. The molecule has 19 heavy (non-hydrogen) atoms. The van der Waals surface area contributed by atoms with Crippen LogP contribution in [0.25, 0.3) is 0 Å². The van der Waals surface area contributed by atoms with Gasteiger partial charge in [0.25, 0.3) is 0 Å². The van der Waals surface area contributed by atoms with Crippen molar-refractivity contribution in [2.45, 2.75) is 14.7 Å². The first kappa shape index (κ1) is 14.4. The van der Waals surface area contributed by atoms with Crippen LogP contribution in [0.1, 0.15) is 0 Å². The Bertz CT molecular complexity index is 700. The van der Waals surface area contributed by atoms with Crippen LogP contribution in [0.4, 0.5) is 5.69 Å². The van der Waals surface area contributed by atoms with Crippen molar-refractivity contribution in [3.63, 3.8) is 0 Å². The Balaban J connectivity index is 2.29. The summed E-state index contributed by atoms with van der Waals surface area (Å²) in [4.78, 5) is 1.82. The quantitative estimate of drug-likeness (QED) is 0.825. The molecule has 2 rings (SSSR count). The molecule has 0 heterocycles. The van der Waals surface area contributed by atoms with Crippen molar-refractivity contribution in [3.8, 4) is 0 Å². The molecule has 0 amide bonds. The standard InChI is InChI=1S/C12H11BrN2O2S2/c13-8-1-3-9(4-2-8)18-12-6-5-10(7-11(12)14)19(15,16)17/h1-7H,14H2,(H2,15,16,17). The van der Waals surface area contributed by atoms with Crippen LogP contribution in [0.15, 0.2) is 61.6 Å². The van der Waals surface area contributed by atoms with Crippen molar-refractivity contribution in [2.75, 3.05) is 5.73 Å². The summed E-state index contributed by atoms with van der Waals surface area (Å²) >= 11 is 4.82. The summed E-state index contributed by atoms with van der Waals surface area (Å²) in [5, 5.41) is 5.05. The Labute approximate surface area is 124 Å². The van der Waals surface area contributed by atoms with E-state index in [1.165, 1.54) is 23.9 Å². The highest BCUT2D eigenvalue weighted by atomic mass is 79.9. The zero-order chi connectivity index (χ0) is 14.0. The summed E-state index contributed by atoms with van der Waals surface area (Å²) in [7, 11) is -3.72. The van der Waals surface area contributed by atoms with E-state index in [-0.39, 0.29) is 4.90 Å². The lowest BCUT2D eigenvalue weighted by atomic mass is 10.3. The van der Waals surface area contributed by atoms with Crippen molar-refractivity contribution in [1.82, 2.24) is 0 Å². The van der Waals surface area contributed by atoms with Crippen molar-refractivity contribution >= 4 is 43.4 Å². The number of hydrogen-bond acceptors (Lipinski definition) is 4. The van der Waals surface area contributed by atoms with Gasteiger partial charge < -0.3 is 5.73 Å². The average Bonchev–Trinajstić information content (AvgIpc) is 2.33. The Kier molecular flexibility index (Phi) is 4.19. The molecule has 2 aromatic rings. The molecule has 7 heteroatoms. The predicted molar refractivity (Wildman–Crippen MR) is 80.5 cm³/mol. The lowest BCUT2D eigenvalue weighted by Gasteiger charge is -2.07. The number of halogens is 1. The maximum Gasteiger partial charge on any atom is 0.238 e. The molecule has 0 aliphatic carbocycles. The lowest BCUT2D eigenvalue weighted by molar-refractivity contribution is 0.598. The maximum atomic E-state index is 11.2. The topological polar surface area (TPSA) is 86.2 Å². The third kappa shape index (κ3) is 3.73. The maximum absolute atomic E-state index is 11.2. The van der Waals surface area contributed by atoms with Gasteiger partial charge in [0.15, 0.2) is 0 Å². The molecule has 2 aromatic carbocycles. The van der Waals surface area contributed by atoms with Gasteiger partial charge in [-0.05, 0) is 42.5 Å². The summed E-state index contributed by atoms with van der Waals surface area (Å²) in [6.07, 6.45) is 0. The fraction of sp³-hybridized carbons (Fsp3) is 0. The first-order valence-electron chi connectivity index (χ1n) is 5.22. The van der Waals surface area contributed by atoms with Crippen LogP contribution < -0.4 is 10.9 Å². The minimum Gasteiger partial charge on any atom is -0.398 e. The Morgan fingerprint density at radius 1 is 1.05 bits per heavy atom. The Hall–Kier alpha value is -1.02. The first-order chi connectivity index (χ1) is 8.86. The summed E-state index contributed by atoms with van der Waals surface area (Å²) in [5.41, 5.74) is 6.23. The van der Waals surface area contributed by atoms with E-state index < -0.39 is 10.0 Å². The molecule has 0 aliphatic heterocycles. The number of nitrogens with two attached hydrogens (primary N) is 2. The van der Waals surface area contributed by atoms with Crippen molar-refractivity contribution in [1.29, 1.82) is 0 Å². The number of primary sulfonamides is 1. The minimum absolute atomic E-state index is 0.0187. The highest BCUT2D eigenvalue weighted by molar-refractivity contribution is 9.10. The molecule has 0 radical (unpaired) electrons. The van der Waals surface area contributed by atoms with E-state index in [0.717, 1.165) is 14.3 Å². The van der Waals surface area contributed by atoms with Gasteiger partial charge in [-0.2, -0.15) is 0 Å². The predicted octanol–water partition coefficient (Wildman–Crippen LogP) is 2.83. The molecular weight excluding hydrogens is 348 g/mol. The van der Waals surface area contributed by atoms with Crippen LogP contribution in [0, 0.1) is 0 Å². The Morgan fingerprint density at radius 3 is 2.21 bits per heavy atom. The van der Waals surface area contributed by atoms with Crippen LogP contribution in [-0.4, -0.2) is 8.42 Å². The molecule has 0 saturated carbocycles. The van der Waals surface area contributed by atoms with E-state index in [1.54, 1.807) is 6.07 Å². The highest BCUT2D eigenvalue weighted by Gasteiger charge is 2.10.